The van der Waals surface area contributed by atoms with Gasteiger partial charge in [-0.1, -0.05) is 35.3 Å². The van der Waals surface area contributed by atoms with E-state index in [1.54, 1.807) is 30.3 Å². The van der Waals surface area contributed by atoms with Gasteiger partial charge in [0.2, 0.25) is 0 Å². The summed E-state index contributed by atoms with van der Waals surface area (Å²) < 4.78 is 5.68. The molecule has 2 heterocycles. The molecule has 1 aliphatic rings. The lowest BCUT2D eigenvalue weighted by Gasteiger charge is -2.06. The second-order valence-corrected chi connectivity index (χ2v) is 5.78. The molecular weight excluding hydrogens is 351 g/mol. The molecule has 0 unspecified atom stereocenters. The van der Waals surface area contributed by atoms with Gasteiger partial charge in [0.05, 0.1) is 10.0 Å². The Morgan fingerprint density at radius 1 is 1.21 bits per heavy atom. The van der Waals surface area contributed by atoms with Gasteiger partial charge in [-0.15, -0.1) is 6.58 Å². The molecule has 1 N–H and O–H groups in total. The fourth-order valence-corrected chi connectivity index (χ4v) is 2.67. The highest BCUT2D eigenvalue weighted by atomic mass is 35.5. The van der Waals surface area contributed by atoms with E-state index in [0.29, 0.717) is 27.1 Å². The summed E-state index contributed by atoms with van der Waals surface area (Å²) in [6.07, 6.45) is 2.94. The van der Waals surface area contributed by atoms with Crippen LogP contribution in [0.25, 0.3) is 17.4 Å². The van der Waals surface area contributed by atoms with Crippen molar-refractivity contribution in [3.05, 3.63) is 64.5 Å². The van der Waals surface area contributed by atoms with E-state index in [4.69, 9.17) is 27.6 Å². The van der Waals surface area contributed by atoms with Crippen LogP contribution in [0, 0.1) is 0 Å². The Hall–Kier alpha value is -2.50. The predicted molar refractivity (Wildman–Crippen MR) is 92.6 cm³/mol. The van der Waals surface area contributed by atoms with Gasteiger partial charge < -0.3 is 9.73 Å². The van der Waals surface area contributed by atoms with Crippen LogP contribution in [0.2, 0.25) is 10.0 Å². The van der Waals surface area contributed by atoms with Gasteiger partial charge in [-0.05, 0) is 24.3 Å². The zero-order valence-electron chi connectivity index (χ0n) is 12.4. The summed E-state index contributed by atoms with van der Waals surface area (Å²) in [5, 5.41) is 3.30. The van der Waals surface area contributed by atoms with Gasteiger partial charge in [-0.3, -0.25) is 9.69 Å². The number of nitrogens with zero attached hydrogens (tertiary/aromatic N) is 1. The molecule has 7 heteroatoms. The van der Waals surface area contributed by atoms with E-state index in [2.05, 4.69) is 11.9 Å². The number of halogens is 2. The third-order valence-electron chi connectivity index (χ3n) is 3.40. The van der Waals surface area contributed by atoms with Crippen molar-refractivity contribution in [3.63, 3.8) is 0 Å². The lowest BCUT2D eigenvalue weighted by atomic mass is 10.2. The first-order valence-corrected chi connectivity index (χ1v) is 7.76. The molecule has 0 spiro atoms. The maximum atomic E-state index is 12.1. The summed E-state index contributed by atoms with van der Waals surface area (Å²) in [5.41, 5.74) is 0.781. The normalized spacial score (nSPS) is 15.9. The highest BCUT2D eigenvalue weighted by Crippen LogP contribution is 2.34. The maximum Gasteiger partial charge on any atom is 0.329 e. The molecular formula is C17H12Cl2N2O3. The molecule has 24 heavy (non-hydrogen) atoms. The molecule has 0 saturated carbocycles. The lowest BCUT2D eigenvalue weighted by molar-refractivity contribution is -0.122. The third kappa shape index (κ3) is 2.96. The highest BCUT2D eigenvalue weighted by Gasteiger charge is 2.32. The summed E-state index contributed by atoms with van der Waals surface area (Å²) >= 11 is 12.2. The SMILES string of the molecule is C=CCN1C(=O)N/C(=C\c2ccc(-c3cccc(Cl)c3Cl)o2)C1=O. The molecule has 0 bridgehead atoms. The Bertz CT molecular complexity index is 870. The van der Waals surface area contributed by atoms with Crippen molar-refractivity contribution in [2.24, 2.45) is 0 Å². The van der Waals surface area contributed by atoms with E-state index in [9.17, 15) is 9.59 Å². The van der Waals surface area contributed by atoms with Crippen LogP contribution < -0.4 is 5.32 Å². The van der Waals surface area contributed by atoms with Gasteiger partial charge >= 0.3 is 6.03 Å². The number of hydrogen-bond donors (Lipinski definition) is 1. The number of urea groups is 1. The van der Waals surface area contributed by atoms with Gasteiger partial charge in [-0.25, -0.2) is 4.79 Å². The van der Waals surface area contributed by atoms with Gasteiger partial charge in [0.15, 0.2) is 0 Å². The number of nitrogens with one attached hydrogen (secondary N) is 1. The van der Waals surface area contributed by atoms with Crippen LogP contribution in [0.5, 0.6) is 0 Å². The Kier molecular flexibility index (Phi) is 4.46. The van der Waals surface area contributed by atoms with Crippen molar-refractivity contribution in [1.29, 1.82) is 0 Å². The van der Waals surface area contributed by atoms with E-state index < -0.39 is 11.9 Å². The first kappa shape index (κ1) is 16.4. The van der Waals surface area contributed by atoms with Gasteiger partial charge in [0.25, 0.3) is 5.91 Å². The Morgan fingerprint density at radius 3 is 2.75 bits per heavy atom. The van der Waals surface area contributed by atoms with E-state index in [0.717, 1.165) is 4.90 Å². The largest absolute Gasteiger partial charge is 0.457 e. The molecule has 5 nitrogen and oxygen atoms in total. The Labute approximate surface area is 148 Å². The number of carbonyl (C=O) groups excluding carboxylic acids is 2. The quantitative estimate of drug-likeness (QED) is 0.500. The number of rotatable bonds is 4. The van der Waals surface area contributed by atoms with E-state index in [1.807, 2.05) is 0 Å². The van der Waals surface area contributed by atoms with E-state index in [1.165, 1.54) is 12.2 Å². The topological polar surface area (TPSA) is 62.6 Å². The monoisotopic (exact) mass is 362 g/mol. The summed E-state index contributed by atoms with van der Waals surface area (Å²) in [4.78, 5) is 24.9. The Balaban J connectivity index is 1.89. The first-order valence-electron chi connectivity index (χ1n) is 7.01. The average molecular weight is 363 g/mol. The number of benzene rings is 1. The second kappa shape index (κ2) is 6.55. The number of amides is 3. The minimum Gasteiger partial charge on any atom is -0.457 e. The third-order valence-corrected chi connectivity index (χ3v) is 4.22. The average Bonchev–Trinajstić information content (AvgIpc) is 3.11. The molecule has 0 aliphatic carbocycles. The minimum atomic E-state index is -0.490. The molecule has 0 atom stereocenters. The van der Waals surface area contributed by atoms with Crippen molar-refractivity contribution in [1.82, 2.24) is 10.2 Å². The molecule has 1 fully saturated rings. The maximum absolute atomic E-state index is 12.1. The molecule has 1 aromatic heterocycles. The van der Waals surface area contributed by atoms with Crippen molar-refractivity contribution in [2.45, 2.75) is 0 Å². The lowest BCUT2D eigenvalue weighted by Crippen LogP contribution is -2.30. The number of hydrogen-bond acceptors (Lipinski definition) is 3. The Morgan fingerprint density at radius 2 is 2.00 bits per heavy atom. The summed E-state index contributed by atoms with van der Waals surface area (Å²) in [5.74, 6) is 0.484. The fraction of sp³-hybridized carbons (Fsp3) is 0.0588. The molecule has 0 radical (unpaired) electrons. The molecule has 1 saturated heterocycles. The van der Waals surface area contributed by atoms with Gasteiger partial charge in [0.1, 0.15) is 17.2 Å². The minimum absolute atomic E-state index is 0.139. The molecule has 122 valence electrons. The van der Waals surface area contributed by atoms with Gasteiger partial charge in [0, 0.05) is 18.2 Å². The fourth-order valence-electron chi connectivity index (χ4n) is 2.28. The smallest absolute Gasteiger partial charge is 0.329 e. The first-order chi connectivity index (χ1) is 11.5. The summed E-state index contributed by atoms with van der Waals surface area (Å²) in [7, 11) is 0. The number of furan rings is 1. The van der Waals surface area contributed by atoms with Crippen LogP contribution in [0.3, 0.4) is 0 Å². The van der Waals surface area contributed by atoms with E-state index >= 15 is 0 Å². The van der Waals surface area contributed by atoms with Crippen molar-refractivity contribution in [2.75, 3.05) is 6.54 Å². The van der Waals surface area contributed by atoms with Crippen LogP contribution in [-0.4, -0.2) is 23.4 Å². The van der Waals surface area contributed by atoms with Crippen molar-refractivity contribution >= 4 is 41.2 Å². The van der Waals surface area contributed by atoms with Crippen molar-refractivity contribution < 1.29 is 14.0 Å². The van der Waals surface area contributed by atoms with Gasteiger partial charge in [-0.2, -0.15) is 0 Å². The molecule has 1 aliphatic heterocycles. The van der Waals surface area contributed by atoms with Crippen molar-refractivity contribution in [3.8, 4) is 11.3 Å². The predicted octanol–water partition coefficient (Wildman–Crippen LogP) is 4.33. The molecule has 1 aromatic carbocycles. The summed E-state index contributed by atoms with van der Waals surface area (Å²) in [6.45, 7) is 3.66. The van der Waals surface area contributed by atoms with E-state index in [-0.39, 0.29) is 12.2 Å². The summed E-state index contributed by atoms with van der Waals surface area (Å²) in [6, 6.07) is 8.12. The van der Waals surface area contributed by atoms with Crippen LogP contribution in [0.4, 0.5) is 4.79 Å². The van der Waals surface area contributed by atoms with Crippen LogP contribution in [0.1, 0.15) is 5.76 Å². The van der Waals surface area contributed by atoms with Crippen LogP contribution in [-0.2, 0) is 4.79 Å². The van der Waals surface area contributed by atoms with Crippen LogP contribution >= 0.6 is 23.2 Å². The molecule has 3 amide bonds. The standard InChI is InChI=1S/C17H12Cl2N2O3/c1-2-8-21-16(22)13(20-17(21)23)9-10-6-7-14(24-10)11-4-3-5-12(18)15(11)19/h2-7,9H,1,8H2,(H,20,23)/b13-9-. The van der Waals surface area contributed by atoms with Crippen LogP contribution in [0.15, 0.2) is 53.1 Å². The zero-order valence-corrected chi connectivity index (χ0v) is 13.9. The number of imide groups is 1. The molecule has 3 rings (SSSR count). The second-order valence-electron chi connectivity index (χ2n) is 5.00. The number of carbonyl (C=O) groups is 2. The molecule has 2 aromatic rings. The highest BCUT2D eigenvalue weighted by molar-refractivity contribution is 6.43. The zero-order chi connectivity index (χ0) is 17.3.